The van der Waals surface area contributed by atoms with Crippen LogP contribution >= 0.6 is 11.3 Å². The molecule has 1 saturated heterocycles. The van der Waals surface area contributed by atoms with Crippen molar-refractivity contribution in [3.05, 3.63) is 17.5 Å². The first-order chi connectivity index (χ1) is 10.1. The zero-order chi connectivity index (χ0) is 14.9. The maximum absolute atomic E-state index is 12.5. The third kappa shape index (κ3) is 3.00. The summed E-state index contributed by atoms with van der Waals surface area (Å²) < 4.78 is 26.9. The predicted molar refractivity (Wildman–Crippen MR) is 81.6 cm³/mol. The van der Waals surface area contributed by atoms with Crippen molar-refractivity contribution in [2.75, 3.05) is 26.2 Å². The highest BCUT2D eigenvalue weighted by molar-refractivity contribution is 7.91. The van der Waals surface area contributed by atoms with E-state index in [9.17, 15) is 13.2 Å². The van der Waals surface area contributed by atoms with Crippen molar-refractivity contribution >= 4 is 27.3 Å². The first kappa shape index (κ1) is 15.0. The lowest BCUT2D eigenvalue weighted by Crippen LogP contribution is -2.41. The van der Waals surface area contributed by atoms with E-state index in [1.165, 1.54) is 15.6 Å². The maximum Gasteiger partial charge on any atom is 0.252 e. The molecular weight excluding hydrogens is 308 g/mol. The molecule has 3 rings (SSSR count). The van der Waals surface area contributed by atoms with Gasteiger partial charge in [-0.2, -0.15) is 4.31 Å². The summed E-state index contributed by atoms with van der Waals surface area (Å²) in [7, 11) is -3.39. The Labute approximate surface area is 129 Å². The second-order valence-corrected chi connectivity index (χ2v) is 8.76. The number of carbonyl (C=O) groups excluding carboxylic acids is 1. The number of sulfonamides is 1. The number of carbonyl (C=O) groups is 1. The van der Waals surface area contributed by atoms with Crippen molar-refractivity contribution in [2.45, 2.75) is 29.9 Å². The highest BCUT2D eigenvalue weighted by Gasteiger charge is 2.33. The van der Waals surface area contributed by atoms with Gasteiger partial charge < -0.3 is 4.90 Å². The third-order valence-corrected chi connectivity index (χ3v) is 7.58. The molecule has 2 fully saturated rings. The molecule has 1 amide bonds. The van der Waals surface area contributed by atoms with Crippen molar-refractivity contribution in [3.8, 4) is 0 Å². The summed E-state index contributed by atoms with van der Waals surface area (Å²) >= 11 is 1.24. The minimum absolute atomic E-state index is 0.186. The van der Waals surface area contributed by atoms with Crippen LogP contribution in [0.2, 0.25) is 0 Å². The molecule has 1 aliphatic carbocycles. The summed E-state index contributed by atoms with van der Waals surface area (Å²) in [5, 5.41) is 1.77. The zero-order valence-corrected chi connectivity index (χ0v) is 13.5. The number of thiophene rings is 1. The van der Waals surface area contributed by atoms with E-state index in [1.54, 1.807) is 17.5 Å². The fourth-order valence-corrected chi connectivity index (χ4v) is 5.42. The number of hydrogen-bond donors (Lipinski definition) is 0. The number of amides is 1. The van der Waals surface area contributed by atoms with E-state index < -0.39 is 10.0 Å². The smallest absolute Gasteiger partial charge is 0.252 e. The van der Waals surface area contributed by atoms with Gasteiger partial charge in [0.1, 0.15) is 4.21 Å². The normalized spacial score (nSPS) is 21.8. The molecule has 1 aliphatic heterocycles. The van der Waals surface area contributed by atoms with E-state index >= 15 is 0 Å². The molecule has 0 N–H and O–H groups in total. The second kappa shape index (κ2) is 6.06. The molecule has 1 saturated carbocycles. The van der Waals surface area contributed by atoms with Crippen LogP contribution in [-0.4, -0.2) is 49.7 Å². The van der Waals surface area contributed by atoms with Gasteiger partial charge in [-0.05, 0) is 30.7 Å². The van der Waals surface area contributed by atoms with Gasteiger partial charge in [0.05, 0.1) is 0 Å². The number of hydrogen-bond acceptors (Lipinski definition) is 4. The van der Waals surface area contributed by atoms with Crippen molar-refractivity contribution in [1.82, 2.24) is 9.21 Å². The number of nitrogens with zero attached hydrogens (tertiary/aromatic N) is 2. The van der Waals surface area contributed by atoms with Crippen LogP contribution in [0.5, 0.6) is 0 Å². The Bertz CT molecular complexity index is 594. The van der Waals surface area contributed by atoms with Gasteiger partial charge in [0.2, 0.25) is 5.91 Å². The minimum Gasteiger partial charge on any atom is -0.341 e. The molecule has 116 valence electrons. The highest BCUT2D eigenvalue weighted by Crippen LogP contribution is 2.29. The van der Waals surface area contributed by atoms with E-state index in [4.69, 9.17) is 0 Å². The molecule has 2 aliphatic rings. The Kier molecular flexibility index (Phi) is 4.33. The summed E-state index contributed by atoms with van der Waals surface area (Å²) in [6.07, 6.45) is 3.84. The van der Waals surface area contributed by atoms with Crippen molar-refractivity contribution < 1.29 is 13.2 Å². The van der Waals surface area contributed by atoms with Gasteiger partial charge in [0, 0.05) is 32.1 Å². The molecule has 7 heteroatoms. The largest absolute Gasteiger partial charge is 0.341 e. The van der Waals surface area contributed by atoms with Crippen LogP contribution in [0.25, 0.3) is 0 Å². The molecule has 0 atom stereocenters. The molecule has 2 heterocycles. The van der Waals surface area contributed by atoms with Gasteiger partial charge in [-0.1, -0.05) is 12.5 Å². The monoisotopic (exact) mass is 328 g/mol. The van der Waals surface area contributed by atoms with Gasteiger partial charge in [0.25, 0.3) is 10.0 Å². The molecule has 0 unspecified atom stereocenters. The summed E-state index contributed by atoms with van der Waals surface area (Å²) in [5.41, 5.74) is 0. The summed E-state index contributed by atoms with van der Waals surface area (Å²) in [4.78, 5) is 14.1. The van der Waals surface area contributed by atoms with Crippen molar-refractivity contribution in [1.29, 1.82) is 0 Å². The lowest BCUT2D eigenvalue weighted by atomic mass is 9.84. The first-order valence-corrected chi connectivity index (χ1v) is 9.73. The molecule has 1 aromatic rings. The Morgan fingerprint density at radius 2 is 1.95 bits per heavy atom. The molecule has 21 heavy (non-hydrogen) atoms. The molecule has 1 aromatic heterocycles. The average molecular weight is 328 g/mol. The first-order valence-electron chi connectivity index (χ1n) is 7.41. The molecule has 5 nitrogen and oxygen atoms in total. The van der Waals surface area contributed by atoms with E-state index in [0.717, 1.165) is 19.3 Å². The van der Waals surface area contributed by atoms with Crippen LogP contribution in [0, 0.1) is 5.92 Å². The van der Waals surface area contributed by atoms with Crippen LogP contribution in [0.15, 0.2) is 21.7 Å². The Morgan fingerprint density at radius 3 is 2.57 bits per heavy atom. The second-order valence-electron chi connectivity index (χ2n) is 5.64. The van der Waals surface area contributed by atoms with E-state index in [0.29, 0.717) is 36.8 Å². The molecule has 0 radical (unpaired) electrons. The van der Waals surface area contributed by atoms with Gasteiger partial charge in [-0.25, -0.2) is 8.42 Å². The fraction of sp³-hybridized carbons (Fsp3) is 0.643. The fourth-order valence-electron chi connectivity index (χ4n) is 2.81. The van der Waals surface area contributed by atoms with Gasteiger partial charge >= 0.3 is 0 Å². The maximum atomic E-state index is 12.5. The Hall–Kier alpha value is -0.920. The average Bonchev–Trinajstić information content (AvgIpc) is 2.81. The predicted octanol–water partition coefficient (Wildman–Crippen LogP) is 1.77. The lowest BCUT2D eigenvalue weighted by molar-refractivity contribution is -0.138. The van der Waals surface area contributed by atoms with Crippen LogP contribution in [0.3, 0.4) is 0 Å². The number of rotatable bonds is 3. The highest BCUT2D eigenvalue weighted by atomic mass is 32.2. The van der Waals surface area contributed by atoms with E-state index in [-0.39, 0.29) is 11.8 Å². The molecular formula is C14H20N2O3S2. The van der Waals surface area contributed by atoms with Crippen molar-refractivity contribution in [3.63, 3.8) is 0 Å². The van der Waals surface area contributed by atoms with E-state index in [2.05, 4.69) is 0 Å². The summed E-state index contributed by atoms with van der Waals surface area (Å²) in [5.74, 6) is 0.405. The third-order valence-electron chi connectivity index (χ3n) is 4.31. The quantitative estimate of drug-likeness (QED) is 0.850. The van der Waals surface area contributed by atoms with Crippen LogP contribution in [-0.2, 0) is 14.8 Å². The zero-order valence-electron chi connectivity index (χ0n) is 11.9. The summed E-state index contributed by atoms with van der Waals surface area (Å²) in [6, 6.07) is 3.39. The van der Waals surface area contributed by atoms with Crippen LogP contribution in [0.4, 0.5) is 0 Å². The van der Waals surface area contributed by atoms with Crippen molar-refractivity contribution in [2.24, 2.45) is 5.92 Å². The van der Waals surface area contributed by atoms with Crippen LogP contribution < -0.4 is 0 Å². The van der Waals surface area contributed by atoms with Gasteiger partial charge in [0.15, 0.2) is 0 Å². The van der Waals surface area contributed by atoms with Gasteiger partial charge in [-0.15, -0.1) is 11.3 Å². The minimum atomic E-state index is -3.39. The topological polar surface area (TPSA) is 57.7 Å². The molecule has 0 bridgehead atoms. The Balaban J connectivity index is 1.67. The Morgan fingerprint density at radius 1 is 1.14 bits per heavy atom. The lowest BCUT2D eigenvalue weighted by Gasteiger charge is -2.30. The standard InChI is InChI=1S/C14H20N2O3S2/c17-14(12-4-1-5-12)15-7-3-8-16(10-9-15)21(18,19)13-6-2-11-20-13/h2,6,11-12H,1,3-5,7-10H2. The van der Waals surface area contributed by atoms with Gasteiger partial charge in [-0.3, -0.25) is 4.79 Å². The SMILES string of the molecule is O=C(C1CCC1)N1CCCN(S(=O)(=O)c2cccs2)CC1. The molecule has 0 aromatic carbocycles. The molecule has 0 spiro atoms. The van der Waals surface area contributed by atoms with E-state index in [1.807, 2.05) is 4.90 Å². The summed E-state index contributed by atoms with van der Waals surface area (Å²) in [6.45, 7) is 2.08. The van der Waals surface area contributed by atoms with Crippen LogP contribution in [0.1, 0.15) is 25.7 Å².